The van der Waals surface area contributed by atoms with Crippen LogP contribution in [0.5, 0.6) is 0 Å². The summed E-state index contributed by atoms with van der Waals surface area (Å²) in [7, 11) is -1.07. The minimum Gasteiger partial charge on any atom is -0.354 e. The van der Waals surface area contributed by atoms with Gasteiger partial charge in [-0.25, -0.2) is 8.78 Å². The molecular formula is C24H35F2NP2. The van der Waals surface area contributed by atoms with Crippen LogP contribution in [0.1, 0.15) is 55.4 Å². The maximum absolute atomic E-state index is 14.2. The summed E-state index contributed by atoms with van der Waals surface area (Å²) in [6.07, 6.45) is 0. The Labute approximate surface area is 178 Å². The molecule has 0 spiro atoms. The van der Waals surface area contributed by atoms with E-state index in [2.05, 4.69) is 60.7 Å². The molecule has 29 heavy (non-hydrogen) atoms. The van der Waals surface area contributed by atoms with E-state index in [1.54, 1.807) is 12.1 Å². The highest BCUT2D eigenvalue weighted by molar-refractivity contribution is 7.67. The van der Waals surface area contributed by atoms with Crippen molar-refractivity contribution >= 4 is 37.8 Å². The molecule has 5 heteroatoms. The Morgan fingerprint density at radius 1 is 0.586 bits per heavy atom. The van der Waals surface area contributed by atoms with E-state index in [9.17, 15) is 8.78 Å². The Kier molecular flexibility index (Phi) is 8.62. The highest BCUT2D eigenvalue weighted by Crippen LogP contribution is 2.49. The third-order valence-corrected chi connectivity index (χ3v) is 11.3. The number of halogens is 2. The van der Waals surface area contributed by atoms with Crippen LogP contribution in [0.15, 0.2) is 36.4 Å². The lowest BCUT2D eigenvalue weighted by atomic mass is 10.2. The van der Waals surface area contributed by atoms with E-state index in [1.807, 2.05) is 12.1 Å². The molecular weight excluding hydrogens is 402 g/mol. The van der Waals surface area contributed by atoms with Crippen molar-refractivity contribution in [1.29, 1.82) is 0 Å². The maximum atomic E-state index is 14.2. The van der Waals surface area contributed by atoms with E-state index in [0.717, 1.165) is 22.0 Å². The molecule has 0 saturated heterocycles. The van der Waals surface area contributed by atoms with Crippen molar-refractivity contribution in [3.63, 3.8) is 0 Å². The molecule has 0 fully saturated rings. The van der Waals surface area contributed by atoms with Crippen molar-refractivity contribution < 1.29 is 8.78 Å². The Balaban J connectivity index is 2.58. The van der Waals surface area contributed by atoms with Crippen molar-refractivity contribution in [3.8, 4) is 0 Å². The quantitative estimate of drug-likeness (QED) is 0.420. The average Bonchev–Trinajstić information content (AvgIpc) is 2.58. The van der Waals surface area contributed by atoms with Crippen molar-refractivity contribution in [3.05, 3.63) is 48.0 Å². The summed E-state index contributed by atoms with van der Waals surface area (Å²) in [6.45, 7) is 17.7. The second-order valence-corrected chi connectivity index (χ2v) is 15.4. The van der Waals surface area contributed by atoms with Crippen LogP contribution in [0, 0.1) is 11.6 Å². The van der Waals surface area contributed by atoms with Gasteiger partial charge < -0.3 is 5.32 Å². The molecule has 1 nitrogen and oxygen atoms in total. The van der Waals surface area contributed by atoms with Gasteiger partial charge in [0.2, 0.25) is 0 Å². The fourth-order valence-electron chi connectivity index (χ4n) is 4.10. The van der Waals surface area contributed by atoms with Crippen LogP contribution in [0.2, 0.25) is 0 Å². The molecule has 0 heterocycles. The summed E-state index contributed by atoms with van der Waals surface area (Å²) >= 11 is 0. The van der Waals surface area contributed by atoms with Crippen LogP contribution in [0.25, 0.3) is 0 Å². The van der Waals surface area contributed by atoms with E-state index in [1.165, 1.54) is 12.1 Å². The maximum Gasteiger partial charge on any atom is 0.123 e. The number of nitrogens with one attached hydrogen (secondary N) is 1. The zero-order chi connectivity index (χ0) is 21.9. The van der Waals surface area contributed by atoms with E-state index in [-0.39, 0.29) is 11.6 Å². The summed E-state index contributed by atoms with van der Waals surface area (Å²) in [6, 6.07) is 10.1. The Hall–Kier alpha value is -1.04. The second-order valence-electron chi connectivity index (χ2n) is 8.64. The molecule has 0 unspecified atom stereocenters. The van der Waals surface area contributed by atoms with E-state index >= 15 is 0 Å². The molecule has 0 amide bonds. The van der Waals surface area contributed by atoms with Gasteiger partial charge in [-0.2, -0.15) is 0 Å². The predicted molar refractivity (Wildman–Crippen MR) is 130 cm³/mol. The van der Waals surface area contributed by atoms with Crippen LogP contribution in [0.3, 0.4) is 0 Å². The summed E-state index contributed by atoms with van der Waals surface area (Å²) in [5.74, 6) is -0.407. The van der Waals surface area contributed by atoms with Gasteiger partial charge >= 0.3 is 0 Å². The normalized spacial score (nSPS) is 12.3. The van der Waals surface area contributed by atoms with Crippen molar-refractivity contribution in [2.24, 2.45) is 0 Å². The molecule has 0 aliphatic rings. The number of benzene rings is 2. The number of rotatable bonds is 8. The lowest BCUT2D eigenvalue weighted by molar-refractivity contribution is 0.629. The van der Waals surface area contributed by atoms with Gasteiger partial charge in [0.25, 0.3) is 0 Å². The van der Waals surface area contributed by atoms with Gasteiger partial charge in [-0.1, -0.05) is 71.2 Å². The van der Waals surface area contributed by atoms with Crippen LogP contribution < -0.4 is 15.9 Å². The average molecular weight is 437 g/mol. The van der Waals surface area contributed by atoms with Crippen LogP contribution in [0.4, 0.5) is 20.2 Å². The van der Waals surface area contributed by atoms with Crippen molar-refractivity contribution in [2.45, 2.75) is 78.0 Å². The van der Waals surface area contributed by atoms with Gasteiger partial charge in [-0.15, -0.1) is 0 Å². The molecule has 1 N–H and O–H groups in total. The fraction of sp³-hybridized carbons (Fsp3) is 0.500. The topological polar surface area (TPSA) is 12.0 Å². The molecule has 2 rings (SSSR count). The van der Waals surface area contributed by atoms with Gasteiger partial charge in [0.05, 0.1) is 0 Å². The minimum atomic E-state index is -0.534. The van der Waals surface area contributed by atoms with E-state index < -0.39 is 15.8 Å². The molecule has 2 aromatic rings. The molecule has 0 atom stereocenters. The number of anilines is 2. The first-order valence-electron chi connectivity index (χ1n) is 10.5. The summed E-state index contributed by atoms with van der Waals surface area (Å²) in [4.78, 5) is 0. The van der Waals surface area contributed by atoms with E-state index in [0.29, 0.717) is 22.6 Å². The third-order valence-electron chi connectivity index (χ3n) is 4.97. The molecule has 0 aromatic heterocycles. The van der Waals surface area contributed by atoms with Gasteiger partial charge in [0.1, 0.15) is 11.6 Å². The molecule has 0 saturated carbocycles. The van der Waals surface area contributed by atoms with Gasteiger partial charge in [0, 0.05) is 22.0 Å². The van der Waals surface area contributed by atoms with Crippen molar-refractivity contribution in [2.75, 3.05) is 5.32 Å². The largest absolute Gasteiger partial charge is 0.354 e. The molecule has 0 bridgehead atoms. The first kappa shape index (κ1) is 24.2. The molecule has 160 valence electrons. The van der Waals surface area contributed by atoms with Crippen molar-refractivity contribution in [1.82, 2.24) is 0 Å². The second kappa shape index (κ2) is 10.3. The highest BCUT2D eigenvalue weighted by Gasteiger charge is 2.25. The lowest BCUT2D eigenvalue weighted by Crippen LogP contribution is -2.22. The summed E-state index contributed by atoms with van der Waals surface area (Å²) in [5, 5.41) is 5.68. The van der Waals surface area contributed by atoms with Gasteiger partial charge in [-0.05, 0) is 59.0 Å². The monoisotopic (exact) mass is 437 g/mol. The lowest BCUT2D eigenvalue weighted by Gasteiger charge is -2.31. The molecule has 2 aromatic carbocycles. The highest BCUT2D eigenvalue weighted by atomic mass is 31.1. The first-order chi connectivity index (χ1) is 13.5. The first-order valence-corrected chi connectivity index (χ1v) is 13.4. The number of hydrogen-bond donors (Lipinski definition) is 1. The van der Waals surface area contributed by atoms with Crippen LogP contribution >= 0.6 is 15.8 Å². The third kappa shape index (κ3) is 5.99. The standard InChI is InChI=1S/C24H35F2NP2/c1-15(2)28(16(3)4)23-13-19(25)9-11-21(23)27-22-12-10-20(26)14-24(22)29(17(5)6)18(7)8/h9-18,27H,1-8H3. The SMILES string of the molecule is CC(C)P(c1cc(F)ccc1Nc1ccc(F)cc1P(C(C)C)C(C)C)C(C)C. The van der Waals surface area contributed by atoms with Gasteiger partial charge in [0.15, 0.2) is 0 Å². The minimum absolute atomic E-state index is 0.203. The Morgan fingerprint density at radius 3 is 1.17 bits per heavy atom. The van der Waals surface area contributed by atoms with Crippen LogP contribution in [-0.2, 0) is 0 Å². The Bertz CT molecular complexity index is 735. The zero-order valence-electron chi connectivity index (χ0n) is 18.9. The zero-order valence-corrected chi connectivity index (χ0v) is 20.7. The smallest absolute Gasteiger partial charge is 0.123 e. The summed E-state index contributed by atoms with van der Waals surface area (Å²) in [5.41, 5.74) is 3.67. The summed E-state index contributed by atoms with van der Waals surface area (Å²) < 4.78 is 28.4. The molecule has 0 aliphatic heterocycles. The predicted octanol–water partition coefficient (Wildman–Crippen LogP) is 7.56. The van der Waals surface area contributed by atoms with Gasteiger partial charge in [-0.3, -0.25) is 0 Å². The molecule has 0 radical (unpaired) electrons. The number of hydrogen-bond acceptors (Lipinski definition) is 1. The van der Waals surface area contributed by atoms with Crippen LogP contribution in [-0.4, -0.2) is 22.6 Å². The Morgan fingerprint density at radius 2 is 0.897 bits per heavy atom. The fourth-order valence-corrected chi connectivity index (χ4v) is 10.1. The molecule has 0 aliphatic carbocycles. The van der Waals surface area contributed by atoms with E-state index in [4.69, 9.17) is 0 Å².